The third-order valence-electron chi connectivity index (χ3n) is 5.60. The lowest BCUT2D eigenvalue weighted by molar-refractivity contribution is -0.270. The van der Waals surface area contributed by atoms with Crippen LogP contribution in [0.2, 0.25) is 0 Å². The fourth-order valence-corrected chi connectivity index (χ4v) is 4.15. The van der Waals surface area contributed by atoms with Crippen molar-refractivity contribution in [2.24, 2.45) is 5.73 Å². The molecule has 0 radical (unpaired) electrons. The van der Waals surface area contributed by atoms with Crippen LogP contribution in [0.15, 0.2) is 34.9 Å². The fraction of sp³-hybridized carbons (Fsp3) is 0.667. The Bertz CT molecular complexity index is 929. The molecular formula is C24H40NO12P. The lowest BCUT2D eigenvalue weighted by Crippen LogP contribution is -2.61. The Kier molecular flexibility index (Phi) is 14.6. The first-order chi connectivity index (χ1) is 17.6. The first-order valence-electron chi connectivity index (χ1n) is 12.1. The zero-order valence-corrected chi connectivity index (χ0v) is 23.0. The van der Waals surface area contributed by atoms with Gasteiger partial charge in [-0.15, -0.1) is 0 Å². The van der Waals surface area contributed by atoms with Crippen molar-refractivity contribution in [3.63, 3.8) is 0 Å². The zero-order valence-electron chi connectivity index (χ0n) is 22.1. The number of carboxylic acid groups (broad SMARTS) is 1. The standard InChI is InChI=1S/C24H40NO12P/c1-14(2)7-5-8-15(3)9-6-10-16(4)11-12-34-17(23(30)31)13-35-38(32,33)37-24-20(28)18(26)19(27)21(36-24)22(25)29/h7,9,11,17-21,24,26-28H,5-6,8,10,12-13H2,1-4H3,(H2,25,29)(H,30,31)(H,32,33)/b15-9+,16-11+/t17?,18-,19+,20+,21-,24+/m0/s1. The third-order valence-corrected chi connectivity index (χ3v) is 6.55. The van der Waals surface area contributed by atoms with Gasteiger partial charge in [0, 0.05) is 0 Å². The minimum absolute atomic E-state index is 0.0964. The average Bonchev–Trinajstić information content (AvgIpc) is 2.80. The number of aliphatic carboxylic acids is 1. The van der Waals surface area contributed by atoms with Gasteiger partial charge in [-0.25, -0.2) is 9.36 Å². The largest absolute Gasteiger partial charge is 0.479 e. The summed E-state index contributed by atoms with van der Waals surface area (Å²) in [5.41, 5.74) is 8.57. The summed E-state index contributed by atoms with van der Waals surface area (Å²) in [6.45, 7) is 7.07. The molecule has 0 aromatic heterocycles. The van der Waals surface area contributed by atoms with Crippen molar-refractivity contribution in [1.82, 2.24) is 0 Å². The van der Waals surface area contributed by atoms with Crippen LogP contribution in [0.3, 0.4) is 0 Å². The van der Waals surface area contributed by atoms with Crippen molar-refractivity contribution in [3.05, 3.63) is 34.9 Å². The summed E-state index contributed by atoms with van der Waals surface area (Å²) < 4.78 is 31.7. The third kappa shape index (κ3) is 12.3. The number of hydrogen-bond donors (Lipinski definition) is 6. The van der Waals surface area contributed by atoms with Crippen LogP contribution in [0.25, 0.3) is 0 Å². The predicted octanol–water partition coefficient (Wildman–Crippen LogP) is 1.30. The molecule has 0 spiro atoms. The molecule has 1 aliphatic heterocycles. The molecule has 38 heavy (non-hydrogen) atoms. The van der Waals surface area contributed by atoms with Crippen LogP contribution in [0.4, 0.5) is 0 Å². The molecule has 1 heterocycles. The molecular weight excluding hydrogens is 525 g/mol. The van der Waals surface area contributed by atoms with E-state index in [0.29, 0.717) is 0 Å². The number of rotatable bonds is 16. The molecule has 1 amide bonds. The van der Waals surface area contributed by atoms with Gasteiger partial charge in [0.2, 0.25) is 5.91 Å². The molecule has 1 aliphatic rings. The van der Waals surface area contributed by atoms with Crippen LogP contribution >= 0.6 is 7.82 Å². The summed E-state index contributed by atoms with van der Waals surface area (Å²) in [7, 11) is -5.08. The maximum Gasteiger partial charge on any atom is 0.474 e. The highest BCUT2D eigenvalue weighted by molar-refractivity contribution is 7.47. The molecule has 0 saturated carbocycles. The molecule has 7 N–H and O–H groups in total. The van der Waals surface area contributed by atoms with Crippen LogP contribution < -0.4 is 5.73 Å². The van der Waals surface area contributed by atoms with Crippen molar-refractivity contribution in [2.75, 3.05) is 13.2 Å². The Balaban J connectivity index is 2.57. The molecule has 0 bridgehead atoms. The number of carbonyl (C=O) groups is 2. The monoisotopic (exact) mass is 565 g/mol. The Morgan fingerprint density at radius 1 is 0.974 bits per heavy atom. The number of allylic oxidation sites excluding steroid dienone is 5. The van der Waals surface area contributed by atoms with Crippen molar-refractivity contribution in [3.8, 4) is 0 Å². The molecule has 14 heteroatoms. The maximum absolute atomic E-state index is 12.3. The van der Waals surface area contributed by atoms with Crippen molar-refractivity contribution < 1.29 is 58.0 Å². The van der Waals surface area contributed by atoms with Gasteiger partial charge in [0.15, 0.2) is 18.5 Å². The number of aliphatic hydroxyl groups is 3. The molecule has 1 rings (SSSR count). The molecule has 13 nitrogen and oxygen atoms in total. The van der Waals surface area contributed by atoms with Gasteiger partial charge in [0.25, 0.3) is 0 Å². The Hall–Kier alpha value is -1.93. The van der Waals surface area contributed by atoms with Gasteiger partial charge < -0.3 is 40.5 Å². The van der Waals surface area contributed by atoms with Crippen LogP contribution in [-0.2, 0) is 32.7 Å². The van der Waals surface area contributed by atoms with E-state index in [1.807, 2.05) is 6.92 Å². The molecule has 0 aromatic carbocycles. The fourth-order valence-electron chi connectivity index (χ4n) is 3.33. The first-order valence-corrected chi connectivity index (χ1v) is 13.6. The van der Waals surface area contributed by atoms with Gasteiger partial charge in [-0.3, -0.25) is 13.8 Å². The number of amides is 1. The number of carboxylic acids is 1. The Morgan fingerprint density at radius 3 is 2.11 bits per heavy atom. The summed E-state index contributed by atoms with van der Waals surface area (Å²) in [5.74, 6) is -2.69. The highest BCUT2D eigenvalue weighted by Gasteiger charge is 2.49. The molecule has 218 valence electrons. The smallest absolute Gasteiger partial charge is 0.474 e. The van der Waals surface area contributed by atoms with Gasteiger partial charge in [0.05, 0.1) is 13.2 Å². The van der Waals surface area contributed by atoms with E-state index >= 15 is 0 Å². The number of carbonyl (C=O) groups excluding carboxylic acids is 1. The van der Waals surface area contributed by atoms with Crippen LogP contribution in [0.5, 0.6) is 0 Å². The van der Waals surface area contributed by atoms with Gasteiger partial charge in [-0.2, -0.15) is 0 Å². The summed E-state index contributed by atoms with van der Waals surface area (Å²) in [5, 5.41) is 38.8. The summed E-state index contributed by atoms with van der Waals surface area (Å²) in [6.07, 6.45) is -1.93. The van der Waals surface area contributed by atoms with Gasteiger partial charge >= 0.3 is 13.8 Å². The topological polar surface area (TPSA) is 215 Å². The molecule has 0 aromatic rings. The number of nitrogens with two attached hydrogens (primary N) is 1. The highest BCUT2D eigenvalue weighted by atomic mass is 31.2. The van der Waals surface area contributed by atoms with Gasteiger partial charge in [-0.1, -0.05) is 34.9 Å². The number of phosphoric ester groups is 1. The maximum atomic E-state index is 12.3. The number of ether oxygens (including phenoxy) is 2. The van der Waals surface area contributed by atoms with Crippen molar-refractivity contribution in [2.45, 2.75) is 90.2 Å². The molecule has 2 unspecified atom stereocenters. The van der Waals surface area contributed by atoms with Crippen molar-refractivity contribution >= 4 is 19.7 Å². The minimum Gasteiger partial charge on any atom is -0.479 e. The summed E-state index contributed by atoms with van der Waals surface area (Å²) in [6, 6.07) is 0. The van der Waals surface area contributed by atoms with Gasteiger partial charge in [0.1, 0.15) is 18.3 Å². The first kappa shape index (κ1) is 34.1. The van der Waals surface area contributed by atoms with Crippen LogP contribution in [0, 0.1) is 0 Å². The highest BCUT2D eigenvalue weighted by Crippen LogP contribution is 2.46. The number of hydrogen-bond acceptors (Lipinski definition) is 10. The zero-order chi connectivity index (χ0) is 29.0. The molecule has 1 saturated heterocycles. The average molecular weight is 566 g/mol. The second-order valence-electron chi connectivity index (χ2n) is 9.29. The SMILES string of the molecule is CC(C)=CCC/C(C)=C/CC/C(C)=C/COC(COP(=O)(O)O[C@H]1O[C@H](C(N)=O)[C@H](O)[C@H](O)[C@H]1O)C(=O)O. The van der Waals surface area contributed by atoms with Crippen molar-refractivity contribution in [1.29, 1.82) is 0 Å². The predicted molar refractivity (Wildman–Crippen MR) is 136 cm³/mol. The normalized spacial score (nSPS) is 26.9. The van der Waals surface area contributed by atoms with E-state index < -0.39 is 63.1 Å². The van der Waals surface area contributed by atoms with Crippen LogP contribution in [0.1, 0.15) is 53.4 Å². The van der Waals surface area contributed by atoms with E-state index in [1.54, 1.807) is 6.08 Å². The summed E-state index contributed by atoms with van der Waals surface area (Å²) in [4.78, 5) is 32.7. The minimum atomic E-state index is -5.08. The quantitative estimate of drug-likeness (QED) is 0.115. The van der Waals surface area contributed by atoms with E-state index in [4.69, 9.17) is 15.2 Å². The Labute approximate surface area is 222 Å². The number of aliphatic hydroxyl groups excluding tert-OH is 3. The molecule has 1 fully saturated rings. The lowest BCUT2D eigenvalue weighted by Gasteiger charge is -2.38. The van der Waals surface area contributed by atoms with E-state index in [9.17, 15) is 39.5 Å². The van der Waals surface area contributed by atoms with E-state index in [0.717, 1.165) is 31.3 Å². The molecule has 0 aliphatic carbocycles. The van der Waals surface area contributed by atoms with Crippen LogP contribution in [-0.4, -0.2) is 87.2 Å². The van der Waals surface area contributed by atoms with Gasteiger partial charge in [-0.05, 0) is 53.4 Å². The second kappa shape index (κ2) is 16.2. The lowest BCUT2D eigenvalue weighted by atomic mass is 9.99. The summed E-state index contributed by atoms with van der Waals surface area (Å²) >= 11 is 0. The number of primary amides is 1. The Morgan fingerprint density at radius 2 is 1.55 bits per heavy atom. The molecule has 7 atom stereocenters. The number of phosphoric acid groups is 1. The van der Waals surface area contributed by atoms with E-state index in [-0.39, 0.29) is 6.61 Å². The second-order valence-corrected chi connectivity index (χ2v) is 10.7. The van der Waals surface area contributed by atoms with E-state index in [2.05, 4.69) is 42.0 Å². The van der Waals surface area contributed by atoms with E-state index in [1.165, 1.54) is 11.1 Å².